The molecule has 2 aromatic carbocycles. The van der Waals surface area contributed by atoms with Crippen molar-refractivity contribution in [3.05, 3.63) is 94.3 Å². The maximum Gasteiger partial charge on any atom is 0.337 e. The van der Waals surface area contributed by atoms with Crippen LogP contribution in [0, 0.1) is 25.2 Å². The highest BCUT2D eigenvalue weighted by molar-refractivity contribution is 6.02. The third-order valence-corrected chi connectivity index (χ3v) is 5.31. The molecule has 0 radical (unpaired) electrons. The summed E-state index contributed by atoms with van der Waals surface area (Å²) in [4.78, 5) is 24.6. The minimum Gasteiger partial charge on any atom is -0.465 e. The number of esters is 1. The monoisotopic (exact) mass is 427 g/mol. The molecular weight excluding hydrogens is 402 g/mol. The Morgan fingerprint density at radius 2 is 1.81 bits per heavy atom. The van der Waals surface area contributed by atoms with Crippen LogP contribution in [0.25, 0.3) is 11.8 Å². The number of carbonyl (C=O) groups is 2. The zero-order valence-corrected chi connectivity index (χ0v) is 18.5. The average Bonchev–Trinajstić information content (AvgIpc) is 3.09. The lowest BCUT2D eigenvalue weighted by Crippen LogP contribution is -2.27. The van der Waals surface area contributed by atoms with Crippen LogP contribution < -0.4 is 5.32 Å². The first-order valence-corrected chi connectivity index (χ1v) is 10.2. The maximum absolute atomic E-state index is 12.7. The van der Waals surface area contributed by atoms with Crippen molar-refractivity contribution in [2.45, 2.75) is 26.8 Å². The van der Waals surface area contributed by atoms with Gasteiger partial charge in [-0.15, -0.1) is 0 Å². The summed E-state index contributed by atoms with van der Waals surface area (Å²) in [5, 5.41) is 12.5. The first kappa shape index (κ1) is 22.6. The van der Waals surface area contributed by atoms with Gasteiger partial charge in [-0.05, 0) is 62.2 Å². The number of nitriles is 1. The molecule has 1 aromatic heterocycles. The van der Waals surface area contributed by atoms with Gasteiger partial charge in [0.25, 0.3) is 5.91 Å². The van der Waals surface area contributed by atoms with E-state index in [4.69, 9.17) is 4.74 Å². The SMILES string of the molecule is COC(=O)c1cccc(-n2c(C)cc(/C=C(/C#N)C(=O)N[C@@H](C)c3ccccc3)c2C)c1. The predicted octanol–water partition coefficient (Wildman–Crippen LogP) is 4.67. The van der Waals surface area contributed by atoms with Gasteiger partial charge in [-0.1, -0.05) is 36.4 Å². The quantitative estimate of drug-likeness (QED) is 0.352. The molecule has 1 heterocycles. The highest BCUT2D eigenvalue weighted by atomic mass is 16.5. The molecule has 1 N–H and O–H groups in total. The molecule has 32 heavy (non-hydrogen) atoms. The van der Waals surface area contributed by atoms with E-state index < -0.39 is 11.9 Å². The highest BCUT2D eigenvalue weighted by Crippen LogP contribution is 2.24. The largest absolute Gasteiger partial charge is 0.465 e. The molecule has 0 aliphatic heterocycles. The van der Waals surface area contributed by atoms with Crippen molar-refractivity contribution < 1.29 is 14.3 Å². The third-order valence-electron chi connectivity index (χ3n) is 5.31. The van der Waals surface area contributed by atoms with Gasteiger partial charge < -0.3 is 14.6 Å². The lowest BCUT2D eigenvalue weighted by molar-refractivity contribution is -0.117. The van der Waals surface area contributed by atoms with Crippen LogP contribution in [0.5, 0.6) is 0 Å². The number of hydrogen-bond donors (Lipinski definition) is 1. The second kappa shape index (κ2) is 9.80. The zero-order valence-electron chi connectivity index (χ0n) is 18.5. The Kier molecular flexibility index (Phi) is 6.91. The molecule has 1 atom stereocenters. The van der Waals surface area contributed by atoms with E-state index in [9.17, 15) is 14.9 Å². The van der Waals surface area contributed by atoms with E-state index in [-0.39, 0.29) is 11.6 Å². The van der Waals surface area contributed by atoms with Crippen molar-refractivity contribution in [3.8, 4) is 11.8 Å². The van der Waals surface area contributed by atoms with Crippen LogP contribution in [0.1, 0.15) is 45.8 Å². The maximum atomic E-state index is 12.7. The van der Waals surface area contributed by atoms with Crippen LogP contribution in [-0.4, -0.2) is 23.6 Å². The van der Waals surface area contributed by atoms with Crippen molar-refractivity contribution in [1.82, 2.24) is 9.88 Å². The number of amides is 1. The van der Waals surface area contributed by atoms with Gasteiger partial charge in [0.05, 0.1) is 18.7 Å². The number of aromatic nitrogens is 1. The van der Waals surface area contributed by atoms with Crippen LogP contribution in [0.2, 0.25) is 0 Å². The Morgan fingerprint density at radius 3 is 2.47 bits per heavy atom. The number of aryl methyl sites for hydroxylation is 1. The van der Waals surface area contributed by atoms with Gasteiger partial charge in [-0.2, -0.15) is 5.26 Å². The van der Waals surface area contributed by atoms with Gasteiger partial charge in [0.1, 0.15) is 11.6 Å². The van der Waals surface area contributed by atoms with Gasteiger partial charge in [0.2, 0.25) is 0 Å². The fourth-order valence-electron chi connectivity index (χ4n) is 3.62. The van der Waals surface area contributed by atoms with Crippen molar-refractivity contribution in [1.29, 1.82) is 5.26 Å². The first-order chi connectivity index (χ1) is 15.3. The van der Waals surface area contributed by atoms with E-state index >= 15 is 0 Å². The first-order valence-electron chi connectivity index (χ1n) is 10.2. The summed E-state index contributed by atoms with van der Waals surface area (Å²) >= 11 is 0. The Labute approximate surface area is 187 Å². The second-order valence-corrected chi connectivity index (χ2v) is 7.48. The molecule has 0 aliphatic carbocycles. The Morgan fingerprint density at radius 1 is 1.09 bits per heavy atom. The highest BCUT2D eigenvalue weighted by Gasteiger charge is 2.17. The summed E-state index contributed by atoms with van der Waals surface area (Å²) in [5.41, 5.74) is 4.74. The summed E-state index contributed by atoms with van der Waals surface area (Å²) in [6.45, 7) is 5.71. The normalized spacial score (nSPS) is 12.0. The molecule has 6 nitrogen and oxygen atoms in total. The smallest absolute Gasteiger partial charge is 0.337 e. The van der Waals surface area contributed by atoms with Gasteiger partial charge >= 0.3 is 5.97 Å². The summed E-state index contributed by atoms with van der Waals surface area (Å²) < 4.78 is 6.78. The van der Waals surface area contributed by atoms with Crippen molar-refractivity contribution in [2.75, 3.05) is 7.11 Å². The molecule has 0 bridgehead atoms. The van der Waals surface area contributed by atoms with Crippen LogP contribution >= 0.6 is 0 Å². The number of nitrogens with one attached hydrogen (secondary N) is 1. The average molecular weight is 428 g/mol. The number of ether oxygens (including phenoxy) is 1. The van der Waals surface area contributed by atoms with Crippen LogP contribution in [0.3, 0.4) is 0 Å². The van der Waals surface area contributed by atoms with Crippen molar-refractivity contribution >= 4 is 18.0 Å². The van der Waals surface area contributed by atoms with Gasteiger partial charge in [-0.3, -0.25) is 4.79 Å². The number of nitrogens with zero attached hydrogens (tertiary/aromatic N) is 2. The molecule has 0 fully saturated rings. The molecule has 3 rings (SSSR count). The van der Waals surface area contributed by atoms with Gasteiger partial charge in [0.15, 0.2) is 0 Å². The summed E-state index contributed by atoms with van der Waals surface area (Å²) in [6, 6.07) is 20.4. The third kappa shape index (κ3) is 4.79. The number of methoxy groups -OCH3 is 1. The Bertz CT molecular complexity index is 1220. The van der Waals surface area contributed by atoms with Crippen LogP contribution in [0.15, 0.2) is 66.2 Å². The molecule has 0 unspecified atom stereocenters. The number of rotatable bonds is 6. The second-order valence-electron chi connectivity index (χ2n) is 7.48. The molecule has 0 spiro atoms. The van der Waals surface area contributed by atoms with Crippen molar-refractivity contribution in [3.63, 3.8) is 0 Å². The van der Waals surface area contributed by atoms with Gasteiger partial charge in [0, 0.05) is 17.1 Å². The molecular formula is C26H25N3O3. The summed E-state index contributed by atoms with van der Waals surface area (Å²) in [6.07, 6.45) is 1.59. The van der Waals surface area contributed by atoms with Crippen LogP contribution in [0.4, 0.5) is 0 Å². The Balaban J connectivity index is 1.91. The van der Waals surface area contributed by atoms with Gasteiger partial charge in [-0.25, -0.2) is 4.79 Å². The van der Waals surface area contributed by atoms with E-state index in [1.165, 1.54) is 7.11 Å². The number of benzene rings is 2. The molecule has 6 heteroatoms. The van der Waals surface area contributed by atoms with E-state index in [0.717, 1.165) is 28.2 Å². The minimum atomic E-state index is -0.429. The molecule has 0 saturated heterocycles. The molecule has 1 amide bonds. The zero-order chi connectivity index (χ0) is 23.3. The molecule has 3 aromatic rings. The van der Waals surface area contributed by atoms with E-state index in [1.807, 2.05) is 73.9 Å². The van der Waals surface area contributed by atoms with Crippen molar-refractivity contribution in [2.24, 2.45) is 0 Å². The standard InChI is InChI=1S/C26H25N3O3/c1-17-13-22(19(3)29(17)24-12-8-11-21(15-24)26(31)32-4)14-23(16-27)25(30)28-18(2)20-9-6-5-7-10-20/h5-15,18H,1-4H3,(H,28,30)/b23-14-/t18-/m0/s1. The fraction of sp³-hybridized carbons (Fsp3) is 0.192. The van der Waals surface area contributed by atoms with E-state index in [1.54, 1.807) is 24.3 Å². The summed E-state index contributed by atoms with van der Waals surface area (Å²) in [5.74, 6) is -0.841. The fourth-order valence-corrected chi connectivity index (χ4v) is 3.62. The number of carbonyl (C=O) groups excluding carboxylic acids is 2. The lowest BCUT2D eigenvalue weighted by Gasteiger charge is -2.14. The molecule has 0 aliphatic rings. The minimum absolute atomic E-state index is 0.0244. The summed E-state index contributed by atoms with van der Waals surface area (Å²) in [7, 11) is 1.34. The number of hydrogen-bond acceptors (Lipinski definition) is 4. The topological polar surface area (TPSA) is 84.1 Å². The molecule has 0 saturated carbocycles. The molecule has 162 valence electrons. The van der Waals surface area contributed by atoms with E-state index in [2.05, 4.69) is 5.32 Å². The predicted molar refractivity (Wildman–Crippen MR) is 123 cm³/mol. The lowest BCUT2D eigenvalue weighted by atomic mass is 10.1. The van der Waals surface area contributed by atoms with E-state index in [0.29, 0.717) is 5.56 Å². The Hall–Kier alpha value is -4.11. The van der Waals surface area contributed by atoms with Crippen LogP contribution in [-0.2, 0) is 9.53 Å².